The fourth-order valence-electron chi connectivity index (χ4n) is 1.99. The summed E-state index contributed by atoms with van der Waals surface area (Å²) in [6.45, 7) is 3.11. The third-order valence-corrected chi connectivity index (χ3v) is 3.27. The lowest BCUT2D eigenvalue weighted by Gasteiger charge is -2.10. The largest absolute Gasteiger partial charge is 0.347 e. The third-order valence-electron chi connectivity index (χ3n) is 3.27. The van der Waals surface area contributed by atoms with Crippen LogP contribution < -0.4 is 5.32 Å². The summed E-state index contributed by atoms with van der Waals surface area (Å²) in [6, 6.07) is 7.29. The van der Waals surface area contributed by atoms with Crippen LogP contribution in [0.25, 0.3) is 0 Å². The number of Topliss-reactive ketones (excluding diaryl/α,β-unsaturated/α-hetero) is 2. The van der Waals surface area contributed by atoms with Crippen molar-refractivity contribution >= 4 is 23.6 Å². The van der Waals surface area contributed by atoms with Crippen LogP contribution in [-0.4, -0.2) is 23.9 Å². The number of aliphatic imine (C=N–C) groups is 1. The molecule has 0 aliphatic heterocycles. The van der Waals surface area contributed by atoms with Crippen molar-refractivity contribution < 1.29 is 9.59 Å². The van der Waals surface area contributed by atoms with Crippen LogP contribution in [0.1, 0.15) is 30.6 Å². The lowest BCUT2D eigenvalue weighted by Crippen LogP contribution is -2.08. The Bertz CT molecular complexity index is 625. The van der Waals surface area contributed by atoms with Gasteiger partial charge in [-0.2, -0.15) is 0 Å². The van der Waals surface area contributed by atoms with Gasteiger partial charge in [0.15, 0.2) is 11.6 Å². The minimum Gasteiger partial charge on any atom is -0.347 e. The van der Waals surface area contributed by atoms with Crippen LogP contribution >= 0.6 is 0 Å². The molecule has 1 aromatic carbocycles. The fraction of sp³-hybridized carbons (Fsp3) is 0.235. The Balaban J connectivity index is 1.88. The minimum absolute atomic E-state index is 0.0515. The average Bonchev–Trinajstić information content (AvgIpc) is 2.48. The molecule has 1 aliphatic carbocycles. The number of hydrogen-bond donors (Lipinski definition) is 1. The van der Waals surface area contributed by atoms with Crippen molar-refractivity contribution in [2.24, 2.45) is 4.99 Å². The summed E-state index contributed by atoms with van der Waals surface area (Å²) >= 11 is 0. The highest BCUT2D eigenvalue weighted by atomic mass is 16.1. The molecule has 0 bridgehead atoms. The molecule has 0 radical (unpaired) electrons. The smallest absolute Gasteiger partial charge is 0.159 e. The van der Waals surface area contributed by atoms with Gasteiger partial charge in [-0.15, -0.1) is 0 Å². The second-order valence-electron chi connectivity index (χ2n) is 4.93. The summed E-state index contributed by atoms with van der Waals surface area (Å²) in [5, 5.41) is 3.07. The lowest BCUT2D eigenvalue weighted by molar-refractivity contribution is -0.113. The van der Waals surface area contributed by atoms with E-state index in [1.165, 1.54) is 0 Å². The molecule has 4 nitrogen and oxygen atoms in total. The standard InChI is InChI=1S/C17H18N2O2/c1-12(20)14-3-7-16(8-4-14)18-11-19-17-9-5-15(6-10-17)13(2)21/h3-9,11,17H,10H2,1-2H3,(H,18,19). The van der Waals surface area contributed by atoms with Crippen molar-refractivity contribution in [3.63, 3.8) is 0 Å². The zero-order valence-electron chi connectivity index (χ0n) is 12.2. The fourth-order valence-corrected chi connectivity index (χ4v) is 1.99. The van der Waals surface area contributed by atoms with Crippen molar-refractivity contribution in [1.29, 1.82) is 0 Å². The number of nitrogens with one attached hydrogen (secondary N) is 1. The molecule has 108 valence electrons. The molecule has 0 saturated heterocycles. The van der Waals surface area contributed by atoms with Gasteiger partial charge in [0.25, 0.3) is 0 Å². The van der Waals surface area contributed by atoms with E-state index in [-0.39, 0.29) is 17.6 Å². The van der Waals surface area contributed by atoms with Gasteiger partial charge in [-0.3, -0.25) is 14.6 Å². The molecule has 1 unspecified atom stereocenters. The maximum Gasteiger partial charge on any atom is 0.159 e. The first-order valence-corrected chi connectivity index (χ1v) is 6.85. The van der Waals surface area contributed by atoms with Crippen LogP contribution in [-0.2, 0) is 4.79 Å². The summed E-state index contributed by atoms with van der Waals surface area (Å²) in [5.41, 5.74) is 2.31. The first kappa shape index (κ1) is 14.9. The van der Waals surface area contributed by atoms with E-state index in [9.17, 15) is 9.59 Å². The molecule has 2 rings (SSSR count). The van der Waals surface area contributed by atoms with Crippen LogP contribution in [0.3, 0.4) is 0 Å². The molecule has 1 aromatic rings. The number of anilines is 1. The molecule has 4 heteroatoms. The average molecular weight is 282 g/mol. The molecule has 1 atom stereocenters. The van der Waals surface area contributed by atoms with E-state index in [0.29, 0.717) is 5.56 Å². The highest BCUT2D eigenvalue weighted by molar-refractivity contribution is 5.96. The van der Waals surface area contributed by atoms with E-state index in [1.54, 1.807) is 32.3 Å². The normalized spacial score (nSPS) is 17.6. The van der Waals surface area contributed by atoms with Gasteiger partial charge in [-0.1, -0.05) is 18.2 Å². The quantitative estimate of drug-likeness (QED) is 0.512. The predicted molar refractivity (Wildman–Crippen MR) is 84.9 cm³/mol. The van der Waals surface area contributed by atoms with E-state index >= 15 is 0 Å². The van der Waals surface area contributed by atoms with Gasteiger partial charge < -0.3 is 5.32 Å². The number of benzene rings is 1. The number of nitrogens with zero attached hydrogens (tertiary/aromatic N) is 1. The van der Waals surface area contributed by atoms with Crippen LogP contribution in [0.2, 0.25) is 0 Å². The first-order valence-electron chi connectivity index (χ1n) is 6.85. The molecule has 0 heterocycles. The van der Waals surface area contributed by atoms with Crippen molar-refractivity contribution in [2.75, 3.05) is 5.32 Å². The number of carbonyl (C=O) groups excluding carboxylic acids is 2. The van der Waals surface area contributed by atoms with E-state index in [1.807, 2.05) is 30.4 Å². The summed E-state index contributed by atoms with van der Waals surface area (Å²) in [4.78, 5) is 26.7. The van der Waals surface area contributed by atoms with Gasteiger partial charge in [0.2, 0.25) is 0 Å². The van der Waals surface area contributed by atoms with Crippen LogP contribution in [0.5, 0.6) is 0 Å². The molecule has 0 aromatic heterocycles. The molecular formula is C17H18N2O2. The molecule has 0 saturated carbocycles. The zero-order valence-corrected chi connectivity index (χ0v) is 12.2. The summed E-state index contributed by atoms with van der Waals surface area (Å²) in [6.07, 6.45) is 8.02. The Morgan fingerprint density at radius 1 is 1.19 bits per heavy atom. The highest BCUT2D eigenvalue weighted by Crippen LogP contribution is 2.14. The van der Waals surface area contributed by atoms with Gasteiger partial charge in [0, 0.05) is 16.8 Å². The van der Waals surface area contributed by atoms with Crippen molar-refractivity contribution in [3.05, 3.63) is 53.6 Å². The van der Waals surface area contributed by atoms with E-state index in [0.717, 1.165) is 17.7 Å². The van der Waals surface area contributed by atoms with Gasteiger partial charge in [-0.25, -0.2) is 0 Å². The van der Waals surface area contributed by atoms with Crippen molar-refractivity contribution in [2.45, 2.75) is 26.3 Å². The number of carbonyl (C=O) groups is 2. The Labute approximate surface area is 124 Å². The summed E-state index contributed by atoms with van der Waals surface area (Å²) in [5.74, 6) is 0.132. The van der Waals surface area contributed by atoms with Crippen LogP contribution in [0.15, 0.2) is 53.1 Å². The summed E-state index contributed by atoms with van der Waals surface area (Å²) in [7, 11) is 0. The highest BCUT2D eigenvalue weighted by Gasteiger charge is 2.08. The number of rotatable bonds is 5. The van der Waals surface area contributed by atoms with Crippen LogP contribution in [0.4, 0.5) is 5.69 Å². The molecule has 0 spiro atoms. The number of allylic oxidation sites excluding steroid dienone is 2. The predicted octanol–water partition coefficient (Wildman–Crippen LogP) is 3.17. The van der Waals surface area contributed by atoms with Gasteiger partial charge in [0.05, 0.1) is 12.4 Å². The maximum atomic E-state index is 11.2. The number of ketones is 2. The lowest BCUT2D eigenvalue weighted by atomic mass is 10.0. The Morgan fingerprint density at radius 3 is 2.43 bits per heavy atom. The Morgan fingerprint density at radius 2 is 1.90 bits per heavy atom. The third kappa shape index (κ3) is 4.24. The monoisotopic (exact) mass is 282 g/mol. The van der Waals surface area contributed by atoms with Crippen LogP contribution in [0, 0.1) is 0 Å². The van der Waals surface area contributed by atoms with Crippen molar-refractivity contribution in [3.8, 4) is 0 Å². The summed E-state index contributed by atoms with van der Waals surface area (Å²) < 4.78 is 0. The Hall–Kier alpha value is -2.49. The first-order chi connectivity index (χ1) is 10.1. The minimum atomic E-state index is 0.0515. The number of hydrogen-bond acceptors (Lipinski definition) is 3. The zero-order chi connectivity index (χ0) is 15.2. The topological polar surface area (TPSA) is 58.5 Å². The van der Waals surface area contributed by atoms with E-state index < -0.39 is 0 Å². The second-order valence-corrected chi connectivity index (χ2v) is 4.93. The maximum absolute atomic E-state index is 11.2. The molecule has 0 amide bonds. The molecular weight excluding hydrogens is 264 g/mol. The van der Waals surface area contributed by atoms with E-state index in [4.69, 9.17) is 0 Å². The molecule has 1 aliphatic rings. The van der Waals surface area contributed by atoms with Gasteiger partial charge in [-0.05, 0) is 44.5 Å². The second kappa shape index (κ2) is 6.79. The van der Waals surface area contributed by atoms with E-state index in [2.05, 4.69) is 10.3 Å². The Kier molecular flexibility index (Phi) is 4.82. The SMILES string of the molecule is CC(=O)C1=CCC(N=CNc2ccc(C(C)=O)cc2)C=C1. The van der Waals surface area contributed by atoms with Gasteiger partial charge >= 0.3 is 0 Å². The van der Waals surface area contributed by atoms with Crippen molar-refractivity contribution in [1.82, 2.24) is 0 Å². The molecule has 1 N–H and O–H groups in total. The van der Waals surface area contributed by atoms with Gasteiger partial charge in [0.1, 0.15) is 0 Å². The molecule has 21 heavy (non-hydrogen) atoms. The molecule has 0 fully saturated rings.